The lowest BCUT2D eigenvalue weighted by Gasteiger charge is -2.26. The van der Waals surface area contributed by atoms with Crippen molar-refractivity contribution < 1.29 is 24.2 Å². The number of ether oxygens (including phenoxy) is 2. The van der Waals surface area contributed by atoms with Crippen LogP contribution in [0.3, 0.4) is 0 Å². The minimum absolute atomic E-state index is 0.0428. The molecule has 0 aliphatic carbocycles. The molecule has 2 aliphatic heterocycles. The molecule has 1 N–H and O–H groups in total. The number of amides is 1. The molecule has 4 aromatic rings. The number of ketones is 1. The first-order valence-corrected chi connectivity index (χ1v) is 12.9. The van der Waals surface area contributed by atoms with Gasteiger partial charge in [0.25, 0.3) is 11.7 Å². The van der Waals surface area contributed by atoms with Crippen molar-refractivity contribution in [3.63, 3.8) is 0 Å². The molecule has 194 valence electrons. The molecule has 0 radical (unpaired) electrons. The maximum Gasteiger partial charge on any atom is 0.295 e. The van der Waals surface area contributed by atoms with Gasteiger partial charge in [-0.1, -0.05) is 60.7 Å². The van der Waals surface area contributed by atoms with E-state index >= 15 is 0 Å². The highest BCUT2D eigenvalue weighted by molar-refractivity contribution is 6.46. The van der Waals surface area contributed by atoms with Crippen molar-refractivity contribution in [1.29, 1.82) is 0 Å². The normalized spacial score (nSPS) is 19.6. The van der Waals surface area contributed by atoms with E-state index in [0.29, 0.717) is 29.0 Å². The Morgan fingerprint density at radius 1 is 0.897 bits per heavy atom. The van der Waals surface area contributed by atoms with E-state index in [4.69, 9.17) is 9.47 Å². The van der Waals surface area contributed by atoms with Gasteiger partial charge in [0.15, 0.2) is 0 Å². The van der Waals surface area contributed by atoms with Crippen LogP contribution in [-0.2, 0) is 22.6 Å². The number of hydrogen-bond donors (Lipinski definition) is 1. The number of para-hydroxylation sites is 1. The molecule has 0 spiro atoms. The molecule has 0 aromatic heterocycles. The molecule has 2 heterocycles. The summed E-state index contributed by atoms with van der Waals surface area (Å²) in [5.74, 6) is 0.428. The highest BCUT2D eigenvalue weighted by Crippen LogP contribution is 2.42. The maximum absolute atomic E-state index is 13.5. The lowest BCUT2D eigenvalue weighted by molar-refractivity contribution is -0.140. The van der Waals surface area contributed by atoms with Crippen LogP contribution in [0.4, 0.5) is 0 Å². The zero-order valence-electron chi connectivity index (χ0n) is 21.4. The van der Waals surface area contributed by atoms with Crippen LogP contribution in [0.1, 0.15) is 35.2 Å². The second-order valence-electron chi connectivity index (χ2n) is 9.86. The SMILES string of the molecule is CC1Cc2cc(C(O)=C3C(=O)C(=O)N(Cc4ccccc4)C3c3cccc(Oc4ccccc4)c3)ccc2O1. The standard InChI is InChI=1S/C33H27NO5/c1-21-17-25-18-24(15-16-28(25)38-21)31(35)29-30(34(33(37)32(29)36)20-22-9-4-2-5-10-22)23-11-8-14-27(19-23)39-26-12-6-3-7-13-26/h2-16,18-19,21,30,35H,17,20H2,1H3. The zero-order chi connectivity index (χ0) is 26.9. The quantitative estimate of drug-likeness (QED) is 0.181. The van der Waals surface area contributed by atoms with Crippen LogP contribution in [0.15, 0.2) is 109 Å². The number of rotatable bonds is 6. The number of hydrogen-bond acceptors (Lipinski definition) is 5. The van der Waals surface area contributed by atoms with Gasteiger partial charge >= 0.3 is 0 Å². The molecular weight excluding hydrogens is 490 g/mol. The molecule has 6 heteroatoms. The van der Waals surface area contributed by atoms with Crippen LogP contribution in [0.25, 0.3) is 5.76 Å². The first-order chi connectivity index (χ1) is 19.0. The van der Waals surface area contributed by atoms with E-state index in [1.54, 1.807) is 12.1 Å². The molecule has 1 fully saturated rings. The Balaban J connectivity index is 1.45. The second-order valence-corrected chi connectivity index (χ2v) is 9.86. The lowest BCUT2D eigenvalue weighted by Crippen LogP contribution is -2.29. The summed E-state index contributed by atoms with van der Waals surface area (Å²) in [5.41, 5.74) is 3.04. The number of carbonyl (C=O) groups excluding carboxylic acids is 2. The van der Waals surface area contributed by atoms with Gasteiger partial charge in [0.2, 0.25) is 0 Å². The molecule has 6 rings (SSSR count). The highest BCUT2D eigenvalue weighted by Gasteiger charge is 2.46. The lowest BCUT2D eigenvalue weighted by atomic mass is 9.94. The van der Waals surface area contributed by atoms with Gasteiger partial charge in [-0.15, -0.1) is 0 Å². The first-order valence-electron chi connectivity index (χ1n) is 12.9. The number of carbonyl (C=O) groups is 2. The van der Waals surface area contributed by atoms with Gasteiger partial charge in [0, 0.05) is 18.5 Å². The molecular formula is C33H27NO5. The van der Waals surface area contributed by atoms with Gasteiger partial charge < -0.3 is 19.5 Å². The summed E-state index contributed by atoms with van der Waals surface area (Å²) in [4.78, 5) is 28.4. The number of aliphatic hydroxyl groups is 1. The van der Waals surface area contributed by atoms with Gasteiger partial charge in [-0.25, -0.2) is 0 Å². The Bertz CT molecular complexity index is 1580. The fraction of sp³-hybridized carbons (Fsp3) is 0.152. The number of fused-ring (bicyclic) bond motifs is 1. The highest BCUT2D eigenvalue weighted by atomic mass is 16.5. The average Bonchev–Trinajstić information content (AvgIpc) is 3.45. The van der Waals surface area contributed by atoms with Crippen LogP contribution in [0.5, 0.6) is 17.2 Å². The van der Waals surface area contributed by atoms with Gasteiger partial charge in [-0.3, -0.25) is 9.59 Å². The minimum atomic E-state index is -0.798. The Morgan fingerprint density at radius 3 is 2.38 bits per heavy atom. The monoisotopic (exact) mass is 517 g/mol. The molecule has 1 amide bonds. The molecule has 2 unspecified atom stereocenters. The zero-order valence-corrected chi connectivity index (χ0v) is 21.4. The van der Waals surface area contributed by atoms with Gasteiger partial charge in [0.1, 0.15) is 29.1 Å². The van der Waals surface area contributed by atoms with Crippen LogP contribution in [0, 0.1) is 0 Å². The van der Waals surface area contributed by atoms with E-state index in [0.717, 1.165) is 16.9 Å². The second kappa shape index (κ2) is 10.1. The van der Waals surface area contributed by atoms with Crippen molar-refractivity contribution in [2.75, 3.05) is 0 Å². The van der Waals surface area contributed by atoms with Crippen molar-refractivity contribution in [3.8, 4) is 17.2 Å². The summed E-state index contributed by atoms with van der Waals surface area (Å²) < 4.78 is 11.8. The number of aliphatic hydroxyl groups excluding tert-OH is 1. The van der Waals surface area contributed by atoms with Crippen molar-refractivity contribution in [2.24, 2.45) is 0 Å². The van der Waals surface area contributed by atoms with Crippen LogP contribution in [-0.4, -0.2) is 27.8 Å². The van der Waals surface area contributed by atoms with E-state index in [1.165, 1.54) is 4.90 Å². The fourth-order valence-corrected chi connectivity index (χ4v) is 5.27. The molecule has 0 saturated carbocycles. The van der Waals surface area contributed by atoms with Crippen molar-refractivity contribution in [3.05, 3.63) is 131 Å². The Kier molecular flexibility index (Phi) is 6.37. The summed E-state index contributed by atoms with van der Waals surface area (Å²) in [6, 6.07) is 30.8. The average molecular weight is 518 g/mol. The van der Waals surface area contributed by atoms with E-state index in [-0.39, 0.29) is 24.0 Å². The number of nitrogens with zero attached hydrogens (tertiary/aromatic N) is 1. The summed E-state index contributed by atoms with van der Waals surface area (Å²) in [6.07, 6.45) is 0.752. The summed E-state index contributed by atoms with van der Waals surface area (Å²) >= 11 is 0. The number of Topliss-reactive ketones (excluding diaryl/α,β-unsaturated/α-hetero) is 1. The predicted molar refractivity (Wildman–Crippen MR) is 147 cm³/mol. The summed E-state index contributed by atoms with van der Waals surface area (Å²) in [6.45, 7) is 2.20. The summed E-state index contributed by atoms with van der Waals surface area (Å²) in [7, 11) is 0. The minimum Gasteiger partial charge on any atom is -0.507 e. The molecule has 39 heavy (non-hydrogen) atoms. The molecule has 2 aliphatic rings. The third-order valence-corrected chi connectivity index (χ3v) is 7.06. The van der Waals surface area contributed by atoms with Crippen LogP contribution >= 0.6 is 0 Å². The van der Waals surface area contributed by atoms with E-state index < -0.39 is 17.7 Å². The number of benzene rings is 4. The van der Waals surface area contributed by atoms with Crippen LogP contribution in [0.2, 0.25) is 0 Å². The number of likely N-dealkylation sites (tertiary alicyclic amines) is 1. The van der Waals surface area contributed by atoms with Crippen molar-refractivity contribution in [2.45, 2.75) is 32.0 Å². The Hall–Kier alpha value is -4.84. The molecule has 4 aromatic carbocycles. The molecule has 1 saturated heterocycles. The van der Waals surface area contributed by atoms with Crippen molar-refractivity contribution in [1.82, 2.24) is 4.90 Å². The molecule has 6 nitrogen and oxygen atoms in total. The van der Waals surface area contributed by atoms with E-state index in [9.17, 15) is 14.7 Å². The van der Waals surface area contributed by atoms with Crippen LogP contribution < -0.4 is 9.47 Å². The predicted octanol–water partition coefficient (Wildman–Crippen LogP) is 6.42. The van der Waals surface area contributed by atoms with Crippen molar-refractivity contribution >= 4 is 17.4 Å². The van der Waals surface area contributed by atoms with Gasteiger partial charge in [-0.2, -0.15) is 0 Å². The third kappa shape index (κ3) is 4.77. The fourth-order valence-electron chi connectivity index (χ4n) is 5.27. The smallest absolute Gasteiger partial charge is 0.295 e. The molecule has 0 bridgehead atoms. The van der Waals surface area contributed by atoms with E-state index in [2.05, 4.69) is 0 Å². The summed E-state index contributed by atoms with van der Waals surface area (Å²) in [5, 5.41) is 11.5. The topological polar surface area (TPSA) is 76.1 Å². The third-order valence-electron chi connectivity index (χ3n) is 7.06. The largest absolute Gasteiger partial charge is 0.507 e. The maximum atomic E-state index is 13.5. The molecule has 2 atom stereocenters. The van der Waals surface area contributed by atoms with E-state index in [1.807, 2.05) is 97.9 Å². The van der Waals surface area contributed by atoms with Gasteiger partial charge in [0.05, 0.1) is 11.6 Å². The Morgan fingerprint density at radius 2 is 1.62 bits per heavy atom. The van der Waals surface area contributed by atoms with Gasteiger partial charge in [-0.05, 0) is 66.1 Å². The first kappa shape index (κ1) is 24.5. The Labute approximate surface area is 226 Å².